The summed E-state index contributed by atoms with van der Waals surface area (Å²) in [5.74, 6) is 1.06. The van der Waals surface area contributed by atoms with Gasteiger partial charge in [-0.25, -0.2) is 8.42 Å². The molecule has 20 heavy (non-hydrogen) atoms. The molecular weight excluding hydrogens is 274 g/mol. The molecule has 1 aromatic rings. The molecule has 5 heteroatoms. The van der Waals surface area contributed by atoms with Crippen LogP contribution in [0.15, 0.2) is 24.3 Å². The van der Waals surface area contributed by atoms with Gasteiger partial charge in [0.25, 0.3) is 0 Å². The maximum Gasteiger partial charge on any atom is 0.150 e. The zero-order chi connectivity index (χ0) is 14.6. The Hall–Kier alpha value is -1.54. The van der Waals surface area contributed by atoms with Crippen molar-refractivity contribution in [2.24, 2.45) is 0 Å². The van der Waals surface area contributed by atoms with E-state index < -0.39 is 15.3 Å². The Morgan fingerprint density at radius 3 is 2.85 bits per heavy atom. The number of sulfone groups is 1. The smallest absolute Gasteiger partial charge is 0.150 e. The van der Waals surface area contributed by atoms with Crippen molar-refractivity contribution in [2.75, 3.05) is 18.1 Å². The van der Waals surface area contributed by atoms with Crippen LogP contribution in [0.3, 0.4) is 0 Å². The monoisotopic (exact) mass is 293 g/mol. The molecular formula is C15H19NO3S. The summed E-state index contributed by atoms with van der Waals surface area (Å²) >= 11 is 0. The summed E-state index contributed by atoms with van der Waals surface area (Å²) in [7, 11) is -2.97. The molecule has 108 valence electrons. The molecule has 1 atom stereocenters. The van der Waals surface area contributed by atoms with Gasteiger partial charge in [-0.1, -0.05) is 25.1 Å². The van der Waals surface area contributed by atoms with Crippen molar-refractivity contribution in [2.45, 2.75) is 31.6 Å². The average molecular weight is 293 g/mol. The molecule has 0 amide bonds. The van der Waals surface area contributed by atoms with E-state index in [9.17, 15) is 13.7 Å². The average Bonchev–Trinajstić information content (AvgIpc) is 2.47. The molecule has 4 nitrogen and oxygen atoms in total. The molecule has 0 fully saturated rings. The predicted octanol–water partition coefficient (Wildman–Crippen LogP) is 2.45. The topological polar surface area (TPSA) is 67.2 Å². The van der Waals surface area contributed by atoms with Crippen LogP contribution in [0.4, 0.5) is 0 Å². The Kier molecular flexibility index (Phi) is 4.34. The molecule has 0 aromatic heterocycles. The van der Waals surface area contributed by atoms with E-state index in [1.54, 1.807) is 6.92 Å². The molecule has 0 N–H and O–H groups in total. The van der Waals surface area contributed by atoms with Gasteiger partial charge in [0, 0.05) is 17.7 Å². The van der Waals surface area contributed by atoms with Crippen molar-refractivity contribution >= 4 is 9.84 Å². The van der Waals surface area contributed by atoms with Crippen molar-refractivity contribution in [3.8, 4) is 11.8 Å². The molecule has 1 heterocycles. The van der Waals surface area contributed by atoms with Crippen LogP contribution in [0.1, 0.15) is 31.7 Å². The van der Waals surface area contributed by atoms with Crippen LogP contribution in [-0.4, -0.2) is 26.5 Å². The standard InChI is InChI=1S/C15H19NO3S/c1-2-20(17,18)11-5-8-15(12-16)9-10-19-14-7-4-3-6-13(14)15/h3-4,6-7H,2,5,8-11H2,1H3. The Balaban J connectivity index is 2.18. The first-order valence-corrected chi connectivity index (χ1v) is 8.69. The van der Waals surface area contributed by atoms with Crippen molar-refractivity contribution in [1.29, 1.82) is 5.26 Å². The fraction of sp³-hybridized carbons (Fsp3) is 0.533. The number of rotatable bonds is 5. The Morgan fingerprint density at radius 1 is 1.40 bits per heavy atom. The van der Waals surface area contributed by atoms with Crippen molar-refractivity contribution in [3.05, 3.63) is 29.8 Å². The number of fused-ring (bicyclic) bond motifs is 1. The highest BCUT2D eigenvalue weighted by Gasteiger charge is 2.37. The fourth-order valence-corrected chi connectivity index (χ4v) is 3.50. The largest absolute Gasteiger partial charge is 0.493 e. The van der Waals surface area contributed by atoms with Gasteiger partial charge in [-0.15, -0.1) is 0 Å². The molecule has 0 bridgehead atoms. The molecule has 1 aliphatic heterocycles. The van der Waals surface area contributed by atoms with Crippen molar-refractivity contribution in [1.82, 2.24) is 0 Å². The quantitative estimate of drug-likeness (QED) is 0.836. The zero-order valence-corrected chi connectivity index (χ0v) is 12.4. The van der Waals surface area contributed by atoms with Gasteiger partial charge in [0.05, 0.1) is 23.8 Å². The number of ether oxygens (including phenoxy) is 1. The summed E-state index contributed by atoms with van der Waals surface area (Å²) in [6.07, 6.45) is 1.69. The van der Waals surface area contributed by atoms with E-state index in [-0.39, 0.29) is 11.5 Å². The van der Waals surface area contributed by atoms with E-state index in [1.165, 1.54) is 0 Å². The second-order valence-corrected chi connectivity index (χ2v) is 7.60. The van der Waals surface area contributed by atoms with Gasteiger partial charge < -0.3 is 4.74 Å². The van der Waals surface area contributed by atoms with Gasteiger partial charge in [-0.3, -0.25) is 0 Å². The fourth-order valence-electron chi connectivity index (χ4n) is 2.63. The van der Waals surface area contributed by atoms with Gasteiger partial charge in [-0.2, -0.15) is 5.26 Å². The molecule has 2 rings (SSSR count). The highest BCUT2D eigenvalue weighted by molar-refractivity contribution is 7.91. The summed E-state index contributed by atoms with van der Waals surface area (Å²) in [4.78, 5) is 0. The third kappa shape index (κ3) is 2.96. The molecule has 0 aliphatic carbocycles. The predicted molar refractivity (Wildman–Crippen MR) is 77.4 cm³/mol. The first-order valence-electron chi connectivity index (χ1n) is 6.87. The minimum absolute atomic E-state index is 0.149. The van der Waals surface area contributed by atoms with E-state index in [0.717, 1.165) is 11.3 Å². The molecule has 0 spiro atoms. The lowest BCUT2D eigenvalue weighted by Gasteiger charge is -2.33. The molecule has 0 saturated carbocycles. The van der Waals surface area contributed by atoms with Gasteiger partial charge in [0.2, 0.25) is 0 Å². The minimum Gasteiger partial charge on any atom is -0.493 e. The Labute approximate surface area is 120 Å². The van der Waals surface area contributed by atoms with Crippen LogP contribution >= 0.6 is 0 Å². The molecule has 1 unspecified atom stereocenters. The van der Waals surface area contributed by atoms with E-state index in [0.29, 0.717) is 25.9 Å². The van der Waals surface area contributed by atoms with Crippen LogP contribution in [-0.2, 0) is 15.3 Å². The van der Waals surface area contributed by atoms with Crippen molar-refractivity contribution in [3.63, 3.8) is 0 Å². The SMILES string of the molecule is CCS(=O)(=O)CCCC1(C#N)CCOc2ccccc21. The summed E-state index contributed by atoms with van der Waals surface area (Å²) in [5.41, 5.74) is 0.278. The highest BCUT2D eigenvalue weighted by Crippen LogP contribution is 2.41. The maximum atomic E-state index is 11.6. The van der Waals surface area contributed by atoms with Crippen LogP contribution in [0.25, 0.3) is 0 Å². The van der Waals surface area contributed by atoms with Crippen molar-refractivity contribution < 1.29 is 13.2 Å². The number of benzene rings is 1. The minimum atomic E-state index is -2.97. The van der Waals surface area contributed by atoms with Gasteiger partial charge >= 0.3 is 0 Å². The number of para-hydroxylation sites is 1. The molecule has 1 aromatic carbocycles. The normalized spacial score (nSPS) is 21.6. The summed E-state index contributed by atoms with van der Waals surface area (Å²) in [6, 6.07) is 9.95. The Morgan fingerprint density at radius 2 is 2.15 bits per heavy atom. The second kappa shape index (κ2) is 5.84. The number of nitriles is 1. The van der Waals surface area contributed by atoms with E-state index in [1.807, 2.05) is 24.3 Å². The number of hydrogen-bond donors (Lipinski definition) is 0. The molecule has 0 saturated heterocycles. The lowest BCUT2D eigenvalue weighted by atomic mass is 9.74. The van der Waals surface area contributed by atoms with Gasteiger partial charge in [0.15, 0.2) is 0 Å². The van der Waals surface area contributed by atoms with Gasteiger partial charge in [0.1, 0.15) is 15.6 Å². The van der Waals surface area contributed by atoms with E-state index in [4.69, 9.17) is 4.74 Å². The first-order chi connectivity index (χ1) is 9.53. The summed E-state index contributed by atoms with van der Waals surface area (Å²) in [5, 5.41) is 9.62. The van der Waals surface area contributed by atoms with Crippen LogP contribution in [0, 0.1) is 11.3 Å². The van der Waals surface area contributed by atoms with Crippen LogP contribution in [0.2, 0.25) is 0 Å². The van der Waals surface area contributed by atoms with Crippen LogP contribution < -0.4 is 4.74 Å². The molecule has 0 radical (unpaired) electrons. The maximum absolute atomic E-state index is 11.6. The number of hydrogen-bond acceptors (Lipinski definition) is 4. The summed E-state index contributed by atoms with van der Waals surface area (Å²) in [6.45, 7) is 2.16. The molecule has 1 aliphatic rings. The zero-order valence-electron chi connectivity index (χ0n) is 11.6. The summed E-state index contributed by atoms with van der Waals surface area (Å²) < 4.78 is 28.7. The third-order valence-electron chi connectivity index (χ3n) is 3.90. The van der Waals surface area contributed by atoms with Crippen LogP contribution in [0.5, 0.6) is 5.75 Å². The lowest BCUT2D eigenvalue weighted by Crippen LogP contribution is -2.32. The second-order valence-electron chi connectivity index (χ2n) is 5.13. The van der Waals surface area contributed by atoms with E-state index in [2.05, 4.69) is 6.07 Å². The lowest BCUT2D eigenvalue weighted by molar-refractivity contribution is 0.235. The highest BCUT2D eigenvalue weighted by atomic mass is 32.2. The first kappa shape index (κ1) is 14.9. The number of nitrogens with zero attached hydrogens (tertiary/aromatic N) is 1. The third-order valence-corrected chi connectivity index (χ3v) is 5.69. The Bertz CT molecular complexity index is 618. The van der Waals surface area contributed by atoms with Gasteiger partial charge in [-0.05, 0) is 18.9 Å². The van der Waals surface area contributed by atoms with E-state index >= 15 is 0 Å².